The summed E-state index contributed by atoms with van der Waals surface area (Å²) in [6, 6.07) is 4.99. The quantitative estimate of drug-likeness (QED) is 0.877. The van der Waals surface area contributed by atoms with Gasteiger partial charge in [-0.2, -0.15) is 0 Å². The van der Waals surface area contributed by atoms with Crippen LogP contribution >= 0.6 is 0 Å². The van der Waals surface area contributed by atoms with E-state index >= 15 is 0 Å². The second kappa shape index (κ2) is 4.45. The Morgan fingerprint density at radius 2 is 2.00 bits per heavy atom. The Hall–Kier alpha value is -2.10. The predicted molar refractivity (Wildman–Crippen MR) is 80.8 cm³/mol. The van der Waals surface area contributed by atoms with E-state index in [0.717, 1.165) is 36.2 Å². The van der Waals surface area contributed by atoms with Crippen molar-refractivity contribution in [3.63, 3.8) is 0 Å². The maximum atomic E-state index is 13.4. The van der Waals surface area contributed by atoms with Crippen molar-refractivity contribution in [3.05, 3.63) is 57.3 Å². The second-order valence-electron chi connectivity index (χ2n) is 6.15. The van der Waals surface area contributed by atoms with Gasteiger partial charge in [-0.05, 0) is 67.3 Å². The highest BCUT2D eigenvalue weighted by Crippen LogP contribution is 2.54. The third-order valence-electron chi connectivity index (χ3n) is 4.86. The molecule has 4 heteroatoms. The molecule has 3 nitrogen and oxygen atoms in total. The van der Waals surface area contributed by atoms with Crippen LogP contribution in [0.4, 0.5) is 15.8 Å². The molecule has 2 aliphatic rings. The van der Waals surface area contributed by atoms with Gasteiger partial charge in [0.2, 0.25) is 0 Å². The number of halogens is 1. The summed E-state index contributed by atoms with van der Waals surface area (Å²) < 4.78 is 13.4. The first kappa shape index (κ1) is 12.6. The van der Waals surface area contributed by atoms with Crippen molar-refractivity contribution >= 4 is 11.4 Å². The van der Waals surface area contributed by atoms with Gasteiger partial charge in [-0.1, -0.05) is 0 Å². The Morgan fingerprint density at radius 3 is 2.76 bits per heavy atom. The summed E-state index contributed by atoms with van der Waals surface area (Å²) in [4.78, 5) is 14.9. The van der Waals surface area contributed by atoms with E-state index < -0.39 is 0 Å². The second-order valence-corrected chi connectivity index (χ2v) is 6.15. The minimum Gasteiger partial charge on any atom is -0.354 e. The third kappa shape index (κ3) is 1.89. The number of fused-ring (bicyclic) bond motifs is 5. The Morgan fingerprint density at radius 1 is 1.24 bits per heavy atom. The monoisotopic (exact) mass is 284 g/mol. The van der Waals surface area contributed by atoms with Crippen LogP contribution in [0.2, 0.25) is 0 Å². The van der Waals surface area contributed by atoms with E-state index in [0.29, 0.717) is 17.4 Å². The first-order chi connectivity index (χ1) is 10.1. The molecule has 1 saturated carbocycles. The third-order valence-corrected chi connectivity index (χ3v) is 4.86. The zero-order valence-corrected chi connectivity index (χ0v) is 11.9. The molecule has 2 aliphatic carbocycles. The van der Waals surface area contributed by atoms with Crippen LogP contribution in [0.5, 0.6) is 0 Å². The summed E-state index contributed by atoms with van der Waals surface area (Å²) in [7, 11) is 0. The lowest BCUT2D eigenvalue weighted by Crippen LogP contribution is -2.18. The van der Waals surface area contributed by atoms with Crippen LogP contribution in [0, 0.1) is 12.7 Å². The minimum atomic E-state index is -0.202. The number of anilines is 2. The topological polar surface area (TPSA) is 44.9 Å². The molecule has 1 aromatic heterocycles. The maximum Gasteiger partial charge on any atom is 0.251 e. The summed E-state index contributed by atoms with van der Waals surface area (Å²) in [5, 5.41) is 3.35. The van der Waals surface area contributed by atoms with E-state index in [-0.39, 0.29) is 11.4 Å². The zero-order valence-electron chi connectivity index (χ0n) is 11.9. The van der Waals surface area contributed by atoms with Gasteiger partial charge in [0.15, 0.2) is 0 Å². The lowest BCUT2D eigenvalue weighted by Gasteiger charge is -2.19. The SMILES string of the molecule is Cc1cc(Nc2c[nH]c(=O)c3c2C2CCC3C2)ccc1F. The van der Waals surface area contributed by atoms with Gasteiger partial charge in [-0.25, -0.2) is 4.39 Å². The number of rotatable bonds is 2. The molecular weight excluding hydrogens is 267 g/mol. The largest absolute Gasteiger partial charge is 0.354 e. The number of aromatic amines is 1. The first-order valence-corrected chi connectivity index (χ1v) is 7.42. The van der Waals surface area contributed by atoms with Crippen molar-refractivity contribution in [1.29, 1.82) is 0 Å². The number of aromatic nitrogens is 1. The maximum absolute atomic E-state index is 13.4. The number of pyridine rings is 1. The number of nitrogens with one attached hydrogen (secondary N) is 2. The number of hydrogen-bond donors (Lipinski definition) is 2. The molecule has 0 radical (unpaired) electrons. The Bertz CT molecular complexity index is 781. The van der Waals surface area contributed by atoms with E-state index in [4.69, 9.17) is 0 Å². The van der Waals surface area contributed by atoms with E-state index in [1.807, 2.05) is 0 Å². The van der Waals surface area contributed by atoms with Gasteiger partial charge in [0, 0.05) is 17.4 Å². The molecule has 1 heterocycles. The molecule has 108 valence electrons. The van der Waals surface area contributed by atoms with Crippen LogP contribution in [-0.2, 0) is 0 Å². The van der Waals surface area contributed by atoms with Crippen molar-refractivity contribution in [2.45, 2.75) is 38.0 Å². The molecule has 0 spiro atoms. The molecule has 2 N–H and O–H groups in total. The normalized spacial score (nSPS) is 22.4. The highest BCUT2D eigenvalue weighted by molar-refractivity contribution is 5.67. The molecule has 1 aromatic carbocycles. The summed E-state index contributed by atoms with van der Waals surface area (Å²) in [6.45, 7) is 1.75. The zero-order chi connectivity index (χ0) is 14.6. The molecule has 2 aromatic rings. The minimum absolute atomic E-state index is 0.0537. The van der Waals surface area contributed by atoms with Crippen LogP contribution < -0.4 is 10.9 Å². The Balaban J connectivity index is 1.77. The Kier molecular flexibility index (Phi) is 2.67. The summed E-state index contributed by atoms with van der Waals surface area (Å²) in [5.74, 6) is 0.716. The van der Waals surface area contributed by atoms with E-state index in [9.17, 15) is 9.18 Å². The predicted octanol–water partition coefficient (Wildman–Crippen LogP) is 3.93. The fraction of sp³-hybridized carbons (Fsp3) is 0.353. The number of benzene rings is 1. The molecule has 2 bridgehead atoms. The van der Waals surface area contributed by atoms with Crippen molar-refractivity contribution in [2.75, 3.05) is 5.32 Å². The van der Waals surface area contributed by atoms with Gasteiger partial charge in [-0.3, -0.25) is 4.79 Å². The summed E-state index contributed by atoms with van der Waals surface area (Å²) >= 11 is 0. The average Bonchev–Trinajstić information content (AvgIpc) is 3.07. The van der Waals surface area contributed by atoms with Crippen LogP contribution in [0.25, 0.3) is 0 Å². The first-order valence-electron chi connectivity index (χ1n) is 7.42. The molecule has 0 saturated heterocycles. The van der Waals surface area contributed by atoms with E-state index in [1.54, 1.807) is 25.3 Å². The van der Waals surface area contributed by atoms with Crippen LogP contribution in [0.3, 0.4) is 0 Å². The molecule has 2 atom stereocenters. The molecular formula is C17H17FN2O. The lowest BCUT2D eigenvalue weighted by molar-refractivity contribution is 0.619. The van der Waals surface area contributed by atoms with Crippen molar-refractivity contribution in [1.82, 2.24) is 4.98 Å². The van der Waals surface area contributed by atoms with Gasteiger partial charge in [0.05, 0.1) is 5.69 Å². The van der Waals surface area contributed by atoms with Crippen molar-refractivity contribution < 1.29 is 4.39 Å². The molecule has 2 unspecified atom stereocenters. The average molecular weight is 284 g/mol. The molecule has 0 aliphatic heterocycles. The number of H-pyrrole nitrogens is 1. The smallest absolute Gasteiger partial charge is 0.251 e. The number of hydrogen-bond acceptors (Lipinski definition) is 2. The summed E-state index contributed by atoms with van der Waals surface area (Å²) in [6.07, 6.45) is 5.14. The molecule has 21 heavy (non-hydrogen) atoms. The van der Waals surface area contributed by atoms with E-state index in [2.05, 4.69) is 10.3 Å². The molecule has 4 rings (SSSR count). The van der Waals surface area contributed by atoms with E-state index in [1.165, 1.54) is 11.6 Å². The Labute approximate surface area is 122 Å². The van der Waals surface area contributed by atoms with Gasteiger partial charge in [-0.15, -0.1) is 0 Å². The van der Waals surface area contributed by atoms with Crippen molar-refractivity contribution in [3.8, 4) is 0 Å². The van der Waals surface area contributed by atoms with Crippen molar-refractivity contribution in [2.24, 2.45) is 0 Å². The van der Waals surface area contributed by atoms with Gasteiger partial charge < -0.3 is 10.3 Å². The van der Waals surface area contributed by atoms with Gasteiger partial charge >= 0.3 is 0 Å². The van der Waals surface area contributed by atoms with Gasteiger partial charge in [0.25, 0.3) is 5.56 Å². The van der Waals surface area contributed by atoms with Crippen LogP contribution in [0.1, 0.15) is 47.8 Å². The highest BCUT2D eigenvalue weighted by Gasteiger charge is 2.40. The highest BCUT2D eigenvalue weighted by atomic mass is 19.1. The summed E-state index contributed by atoms with van der Waals surface area (Å²) in [5.41, 5.74) is 4.63. The van der Waals surface area contributed by atoms with Crippen LogP contribution in [0.15, 0.2) is 29.2 Å². The fourth-order valence-electron chi connectivity index (χ4n) is 3.89. The standard InChI is InChI=1S/C17H17FN2O/c1-9-6-12(4-5-13(9)18)20-14-8-19-17(21)16-11-3-2-10(7-11)15(14)16/h4-6,8,10-11,20H,2-3,7H2,1H3,(H,19,21). The number of aryl methyl sites for hydroxylation is 1. The van der Waals surface area contributed by atoms with Crippen LogP contribution in [-0.4, -0.2) is 4.98 Å². The molecule has 0 amide bonds. The van der Waals surface area contributed by atoms with Gasteiger partial charge in [0.1, 0.15) is 5.82 Å². The molecule has 1 fully saturated rings. The fourth-order valence-corrected chi connectivity index (χ4v) is 3.89. The lowest BCUT2D eigenvalue weighted by atomic mass is 9.92.